The van der Waals surface area contributed by atoms with Gasteiger partial charge in [-0.3, -0.25) is 9.63 Å². The average molecular weight is 237 g/mol. The third-order valence-corrected chi connectivity index (χ3v) is 2.92. The summed E-state index contributed by atoms with van der Waals surface area (Å²) in [6.07, 6.45) is 3.41. The number of amides is 3. The number of hydrogen-bond donors (Lipinski definition) is 1. The van der Waals surface area contributed by atoms with E-state index in [0.29, 0.717) is 6.54 Å². The molecule has 1 saturated heterocycles. The molecule has 0 unspecified atom stereocenters. The Kier molecular flexibility index (Phi) is 2.89. The molecule has 2 bridgehead atoms. The van der Waals surface area contributed by atoms with Crippen LogP contribution in [0.2, 0.25) is 0 Å². The van der Waals surface area contributed by atoms with Crippen molar-refractivity contribution in [2.45, 2.75) is 19.0 Å². The summed E-state index contributed by atoms with van der Waals surface area (Å²) in [6.45, 7) is 6.00. The normalized spacial score (nSPS) is 27.1. The van der Waals surface area contributed by atoms with Crippen molar-refractivity contribution in [3.05, 3.63) is 24.3 Å². The molecule has 6 heteroatoms. The van der Waals surface area contributed by atoms with Gasteiger partial charge in [-0.2, -0.15) is 5.06 Å². The lowest BCUT2D eigenvalue weighted by Gasteiger charge is -2.27. The Balaban J connectivity index is 2.23. The molecule has 2 aliphatic rings. The first kappa shape index (κ1) is 11.7. The highest BCUT2D eigenvalue weighted by molar-refractivity contribution is 5.90. The molecule has 6 nitrogen and oxygen atoms in total. The number of rotatable bonds is 4. The molecule has 0 aromatic heterocycles. The topological polar surface area (TPSA) is 75.9 Å². The minimum absolute atomic E-state index is 0.155. The van der Waals surface area contributed by atoms with Crippen molar-refractivity contribution < 1.29 is 14.4 Å². The number of fused-ring (bicyclic) bond motifs is 2. The van der Waals surface area contributed by atoms with Crippen LogP contribution in [0.25, 0.3) is 0 Å². The molecular weight excluding hydrogens is 222 g/mol. The maximum Gasteiger partial charge on any atom is 0.345 e. The molecule has 2 atom stereocenters. The maximum absolute atomic E-state index is 12.0. The van der Waals surface area contributed by atoms with Crippen molar-refractivity contribution in [2.24, 2.45) is 5.73 Å². The minimum atomic E-state index is -0.656. The smallest absolute Gasteiger partial charge is 0.345 e. The zero-order valence-electron chi connectivity index (χ0n) is 9.63. The molecule has 0 aromatic carbocycles. The minimum Gasteiger partial charge on any atom is -0.368 e. The van der Waals surface area contributed by atoms with Crippen molar-refractivity contribution in [2.75, 3.05) is 13.2 Å². The summed E-state index contributed by atoms with van der Waals surface area (Å²) in [5, 5.41) is 1.27. The molecule has 2 aliphatic heterocycles. The average Bonchev–Trinajstić information content (AvgIpc) is 2.49. The number of primary amides is 1. The predicted octanol–water partition coefficient (Wildman–Crippen LogP) is 0.0240. The molecular formula is C11H15N3O3. The van der Waals surface area contributed by atoms with Crippen LogP contribution in [0, 0.1) is 0 Å². The van der Waals surface area contributed by atoms with Gasteiger partial charge in [0.05, 0.1) is 19.2 Å². The van der Waals surface area contributed by atoms with Gasteiger partial charge in [-0.05, 0) is 12.5 Å². The molecule has 0 spiro atoms. The lowest BCUT2D eigenvalue weighted by atomic mass is 10.0. The van der Waals surface area contributed by atoms with Crippen molar-refractivity contribution in [1.82, 2.24) is 9.96 Å². The number of nitrogens with zero attached hydrogens (tertiary/aromatic N) is 2. The van der Waals surface area contributed by atoms with E-state index in [1.165, 1.54) is 9.96 Å². The molecule has 3 amide bonds. The summed E-state index contributed by atoms with van der Waals surface area (Å²) in [5.41, 5.74) is 6.08. The highest BCUT2D eigenvalue weighted by atomic mass is 16.7. The van der Waals surface area contributed by atoms with E-state index >= 15 is 0 Å². The highest BCUT2D eigenvalue weighted by Gasteiger charge is 2.46. The Labute approximate surface area is 99.2 Å². The van der Waals surface area contributed by atoms with Gasteiger partial charge in [-0.1, -0.05) is 12.2 Å². The maximum atomic E-state index is 12.0. The molecule has 2 N–H and O–H groups in total. The van der Waals surface area contributed by atoms with Crippen LogP contribution in [-0.4, -0.2) is 47.1 Å². The summed E-state index contributed by atoms with van der Waals surface area (Å²) in [7, 11) is 0. The molecule has 0 aliphatic carbocycles. The first-order valence-corrected chi connectivity index (χ1v) is 5.37. The Morgan fingerprint density at radius 3 is 3.06 bits per heavy atom. The molecule has 2 rings (SSSR count). The summed E-state index contributed by atoms with van der Waals surface area (Å²) >= 11 is 0. The fourth-order valence-electron chi connectivity index (χ4n) is 2.26. The molecule has 92 valence electrons. The van der Waals surface area contributed by atoms with E-state index in [9.17, 15) is 9.59 Å². The van der Waals surface area contributed by atoms with Gasteiger partial charge < -0.3 is 10.6 Å². The van der Waals surface area contributed by atoms with Crippen LogP contribution < -0.4 is 5.73 Å². The lowest BCUT2D eigenvalue weighted by Crippen LogP contribution is -2.48. The second-order valence-electron chi connectivity index (χ2n) is 4.13. The third kappa shape index (κ3) is 1.80. The molecule has 1 fully saturated rings. The van der Waals surface area contributed by atoms with E-state index in [4.69, 9.17) is 10.6 Å². The first-order chi connectivity index (χ1) is 8.06. The summed E-state index contributed by atoms with van der Waals surface area (Å²) in [4.78, 5) is 30.1. The van der Waals surface area contributed by atoms with Gasteiger partial charge in [0.15, 0.2) is 0 Å². The van der Waals surface area contributed by atoms with Crippen molar-refractivity contribution in [3.63, 3.8) is 0 Å². The van der Waals surface area contributed by atoms with E-state index in [1.54, 1.807) is 13.0 Å². The van der Waals surface area contributed by atoms with Crippen molar-refractivity contribution in [1.29, 1.82) is 0 Å². The van der Waals surface area contributed by atoms with Crippen molar-refractivity contribution >= 4 is 11.9 Å². The number of carbonyl (C=O) groups is 2. The van der Waals surface area contributed by atoms with Crippen LogP contribution in [0.1, 0.15) is 6.92 Å². The van der Waals surface area contributed by atoms with Crippen LogP contribution >= 0.6 is 0 Å². The van der Waals surface area contributed by atoms with Gasteiger partial charge in [0, 0.05) is 0 Å². The number of nitrogens with two attached hydrogens (primary N) is 1. The number of hydroxylamine groups is 2. The van der Waals surface area contributed by atoms with Gasteiger partial charge in [-0.15, -0.1) is 6.58 Å². The van der Waals surface area contributed by atoms with Gasteiger partial charge in [0.25, 0.3) is 0 Å². The zero-order chi connectivity index (χ0) is 12.6. The van der Waals surface area contributed by atoms with E-state index in [1.807, 2.05) is 6.08 Å². The Morgan fingerprint density at radius 1 is 1.76 bits per heavy atom. The summed E-state index contributed by atoms with van der Waals surface area (Å²) in [6, 6.07) is -1.14. The van der Waals surface area contributed by atoms with Gasteiger partial charge >= 0.3 is 6.03 Å². The monoisotopic (exact) mass is 237 g/mol. The van der Waals surface area contributed by atoms with E-state index in [2.05, 4.69) is 6.58 Å². The predicted molar refractivity (Wildman–Crippen MR) is 60.6 cm³/mol. The molecule has 2 heterocycles. The second kappa shape index (κ2) is 4.21. The molecule has 17 heavy (non-hydrogen) atoms. The summed E-state index contributed by atoms with van der Waals surface area (Å²) in [5.74, 6) is -0.517. The number of hydrogen-bond acceptors (Lipinski definition) is 3. The zero-order valence-corrected chi connectivity index (χ0v) is 9.63. The highest BCUT2D eigenvalue weighted by Crippen LogP contribution is 2.29. The van der Waals surface area contributed by atoms with Crippen LogP contribution in [-0.2, 0) is 9.63 Å². The van der Waals surface area contributed by atoms with Crippen LogP contribution in [0.3, 0.4) is 0 Å². The van der Waals surface area contributed by atoms with Crippen LogP contribution in [0.5, 0.6) is 0 Å². The SMILES string of the molecule is C=CCON1C(=O)N2C[C@H]1C=C(C)[C@H]2C(N)=O. The molecule has 0 saturated carbocycles. The fourth-order valence-corrected chi connectivity index (χ4v) is 2.26. The standard InChI is InChI=1S/C11H15N3O3/c1-3-4-17-14-8-5-7(2)9(10(12)15)13(6-8)11(14)16/h3,5,8-9H,1,4,6H2,2H3,(H2,12,15)/t8-,9+/m1/s1. The Hall–Kier alpha value is -1.82. The Bertz CT molecular complexity index is 405. The van der Waals surface area contributed by atoms with Gasteiger partial charge in [0.2, 0.25) is 5.91 Å². The fraction of sp³-hybridized carbons (Fsp3) is 0.455. The quantitative estimate of drug-likeness (QED) is 0.700. The number of carbonyl (C=O) groups excluding carboxylic acids is 2. The summed E-state index contributed by atoms with van der Waals surface area (Å²) < 4.78 is 0. The Morgan fingerprint density at radius 2 is 2.47 bits per heavy atom. The van der Waals surface area contributed by atoms with E-state index in [-0.39, 0.29) is 18.7 Å². The largest absolute Gasteiger partial charge is 0.368 e. The van der Waals surface area contributed by atoms with Crippen LogP contribution in [0.4, 0.5) is 4.79 Å². The lowest BCUT2D eigenvalue weighted by molar-refractivity contribution is -0.121. The van der Waals surface area contributed by atoms with Gasteiger partial charge in [-0.25, -0.2) is 4.79 Å². The number of urea groups is 1. The molecule has 0 aromatic rings. The van der Waals surface area contributed by atoms with Crippen LogP contribution in [0.15, 0.2) is 24.3 Å². The first-order valence-electron chi connectivity index (χ1n) is 5.37. The third-order valence-electron chi connectivity index (χ3n) is 2.92. The molecule has 0 radical (unpaired) electrons. The van der Waals surface area contributed by atoms with Gasteiger partial charge in [0.1, 0.15) is 6.04 Å². The van der Waals surface area contributed by atoms with E-state index in [0.717, 1.165) is 5.57 Å². The van der Waals surface area contributed by atoms with Crippen molar-refractivity contribution in [3.8, 4) is 0 Å². The van der Waals surface area contributed by atoms with E-state index < -0.39 is 11.9 Å². The second-order valence-corrected chi connectivity index (χ2v) is 4.13.